The fourth-order valence-electron chi connectivity index (χ4n) is 4.69. The number of halogens is 1. The van der Waals surface area contributed by atoms with Gasteiger partial charge in [-0.3, -0.25) is 4.90 Å². The van der Waals surface area contributed by atoms with Crippen LogP contribution in [0, 0.1) is 5.82 Å². The average Bonchev–Trinajstić information content (AvgIpc) is 3.37. The first-order valence-electron chi connectivity index (χ1n) is 12.2. The molecule has 1 atom stereocenters. The predicted molar refractivity (Wildman–Crippen MR) is 134 cm³/mol. The standard InChI is InChI=1S/C24H31FN8O2S/c1-19(20-2-4-21(25)5-3-20)33-18-27-14-22(33)17-30-10-12-32(13-11-30)36(34,35)24-16-28-23(15-29-24)31-8-6-26-7-9-31/h2-5,14-16,18-19,26H,6-13,17H2,1H3. The van der Waals surface area contributed by atoms with Crippen molar-refractivity contribution in [3.63, 3.8) is 0 Å². The molecule has 5 rings (SSSR count). The summed E-state index contributed by atoms with van der Waals surface area (Å²) < 4.78 is 43.2. The van der Waals surface area contributed by atoms with Crippen LogP contribution in [0.2, 0.25) is 0 Å². The lowest BCUT2D eigenvalue weighted by Crippen LogP contribution is -2.48. The second-order valence-corrected chi connectivity index (χ2v) is 11.0. The van der Waals surface area contributed by atoms with Gasteiger partial charge in [0.05, 0.1) is 30.5 Å². The van der Waals surface area contributed by atoms with Gasteiger partial charge in [0.15, 0.2) is 5.03 Å². The van der Waals surface area contributed by atoms with E-state index in [2.05, 4.69) is 41.6 Å². The number of sulfonamides is 1. The van der Waals surface area contributed by atoms with Gasteiger partial charge in [-0.1, -0.05) is 12.1 Å². The first-order chi connectivity index (χ1) is 17.4. The molecule has 2 aromatic heterocycles. The number of rotatable bonds is 7. The second kappa shape index (κ2) is 10.6. The van der Waals surface area contributed by atoms with Crippen LogP contribution in [0.4, 0.5) is 10.2 Å². The molecule has 2 saturated heterocycles. The highest BCUT2D eigenvalue weighted by Crippen LogP contribution is 2.22. The molecule has 192 valence electrons. The van der Waals surface area contributed by atoms with Crippen molar-refractivity contribution in [3.05, 3.63) is 66.3 Å². The highest BCUT2D eigenvalue weighted by atomic mass is 32.2. The minimum Gasteiger partial charge on any atom is -0.353 e. The van der Waals surface area contributed by atoms with Gasteiger partial charge in [-0.15, -0.1) is 0 Å². The van der Waals surface area contributed by atoms with Crippen LogP contribution in [-0.2, 0) is 16.6 Å². The van der Waals surface area contributed by atoms with Crippen LogP contribution in [0.1, 0.15) is 24.2 Å². The third kappa shape index (κ3) is 5.26. The van der Waals surface area contributed by atoms with Crippen molar-refractivity contribution in [2.75, 3.05) is 57.3 Å². The van der Waals surface area contributed by atoms with Gasteiger partial charge < -0.3 is 14.8 Å². The minimum atomic E-state index is -3.70. The molecule has 0 amide bonds. The molecule has 0 saturated carbocycles. The van der Waals surface area contributed by atoms with E-state index in [1.54, 1.807) is 24.7 Å². The smallest absolute Gasteiger partial charge is 0.262 e. The van der Waals surface area contributed by atoms with Crippen LogP contribution in [0.5, 0.6) is 0 Å². The van der Waals surface area contributed by atoms with Crippen LogP contribution in [-0.4, -0.2) is 89.5 Å². The molecule has 1 aromatic carbocycles. The van der Waals surface area contributed by atoms with Gasteiger partial charge in [-0.2, -0.15) is 4.31 Å². The van der Waals surface area contributed by atoms with Crippen LogP contribution >= 0.6 is 0 Å². The van der Waals surface area contributed by atoms with E-state index in [0.717, 1.165) is 37.4 Å². The summed E-state index contributed by atoms with van der Waals surface area (Å²) >= 11 is 0. The van der Waals surface area contributed by atoms with Gasteiger partial charge in [0.25, 0.3) is 10.0 Å². The molecule has 12 heteroatoms. The Kier molecular flexibility index (Phi) is 7.28. The highest BCUT2D eigenvalue weighted by Gasteiger charge is 2.30. The monoisotopic (exact) mass is 514 g/mol. The summed E-state index contributed by atoms with van der Waals surface area (Å²) in [6.45, 7) is 8.06. The number of imidazole rings is 1. The maximum absolute atomic E-state index is 13.3. The van der Waals surface area contributed by atoms with E-state index in [9.17, 15) is 12.8 Å². The summed E-state index contributed by atoms with van der Waals surface area (Å²) in [5, 5.41) is 3.27. The Labute approximate surface area is 210 Å². The number of nitrogens with one attached hydrogen (secondary N) is 1. The number of anilines is 1. The number of benzene rings is 1. The SMILES string of the molecule is CC(c1ccc(F)cc1)n1cncc1CN1CCN(S(=O)(=O)c2cnc(N3CCNCC3)cn2)CC1. The van der Waals surface area contributed by atoms with Crippen LogP contribution < -0.4 is 10.2 Å². The Morgan fingerprint density at radius 3 is 2.36 bits per heavy atom. The molecule has 2 fully saturated rings. The van der Waals surface area contributed by atoms with E-state index in [1.165, 1.54) is 22.6 Å². The molecular formula is C24H31FN8O2S. The van der Waals surface area contributed by atoms with Gasteiger partial charge in [-0.05, 0) is 24.6 Å². The minimum absolute atomic E-state index is 0.00696. The zero-order valence-electron chi connectivity index (χ0n) is 20.3. The zero-order chi connectivity index (χ0) is 25.1. The molecule has 1 unspecified atom stereocenters. The maximum atomic E-state index is 13.3. The van der Waals surface area contributed by atoms with Gasteiger partial charge in [0.1, 0.15) is 11.6 Å². The van der Waals surface area contributed by atoms with Crippen LogP contribution in [0.3, 0.4) is 0 Å². The molecular weight excluding hydrogens is 483 g/mol. The molecule has 1 N–H and O–H groups in total. The molecule has 0 spiro atoms. The van der Waals surface area contributed by atoms with Gasteiger partial charge in [0.2, 0.25) is 0 Å². The Balaban J connectivity index is 1.19. The summed E-state index contributed by atoms with van der Waals surface area (Å²) in [6, 6.07) is 6.50. The summed E-state index contributed by atoms with van der Waals surface area (Å²) in [4.78, 5) is 17.3. The normalized spacial score (nSPS) is 18.9. The van der Waals surface area contributed by atoms with E-state index in [0.29, 0.717) is 38.5 Å². The third-order valence-corrected chi connectivity index (χ3v) is 8.68. The van der Waals surface area contributed by atoms with Crippen molar-refractivity contribution >= 4 is 15.8 Å². The van der Waals surface area contributed by atoms with E-state index in [4.69, 9.17) is 0 Å². The van der Waals surface area contributed by atoms with Crippen molar-refractivity contribution < 1.29 is 12.8 Å². The van der Waals surface area contributed by atoms with Crippen molar-refractivity contribution in [1.29, 1.82) is 0 Å². The Hall–Kier alpha value is -2.93. The lowest BCUT2D eigenvalue weighted by Gasteiger charge is -2.34. The van der Waals surface area contributed by atoms with Gasteiger partial charge in [-0.25, -0.2) is 27.8 Å². The maximum Gasteiger partial charge on any atom is 0.262 e. The fourth-order valence-corrected chi connectivity index (χ4v) is 5.97. The summed E-state index contributed by atoms with van der Waals surface area (Å²) in [5.41, 5.74) is 2.02. The summed E-state index contributed by atoms with van der Waals surface area (Å²) in [5.74, 6) is 0.442. The number of hydrogen-bond acceptors (Lipinski definition) is 8. The molecule has 0 radical (unpaired) electrons. The zero-order valence-corrected chi connectivity index (χ0v) is 21.1. The molecule has 0 aliphatic carbocycles. The van der Waals surface area contributed by atoms with E-state index in [-0.39, 0.29) is 16.9 Å². The third-order valence-electron chi connectivity index (χ3n) is 6.89. The molecule has 2 aliphatic heterocycles. The van der Waals surface area contributed by atoms with E-state index < -0.39 is 10.0 Å². The lowest BCUT2D eigenvalue weighted by molar-refractivity contribution is 0.177. The Morgan fingerprint density at radius 1 is 0.972 bits per heavy atom. The Bertz CT molecular complexity index is 1250. The molecule has 0 bridgehead atoms. The predicted octanol–water partition coefficient (Wildman–Crippen LogP) is 1.34. The number of hydrogen-bond donors (Lipinski definition) is 1. The second-order valence-electron chi connectivity index (χ2n) is 9.15. The Morgan fingerprint density at radius 2 is 1.69 bits per heavy atom. The molecule has 2 aliphatic rings. The molecule has 3 aromatic rings. The summed E-state index contributed by atoms with van der Waals surface area (Å²) in [6.07, 6.45) is 6.54. The summed E-state index contributed by atoms with van der Waals surface area (Å²) in [7, 11) is -3.70. The van der Waals surface area contributed by atoms with Crippen LogP contribution in [0.25, 0.3) is 0 Å². The van der Waals surface area contributed by atoms with Crippen molar-refractivity contribution in [1.82, 2.24) is 34.0 Å². The largest absolute Gasteiger partial charge is 0.353 e. The van der Waals surface area contributed by atoms with Crippen molar-refractivity contribution in [3.8, 4) is 0 Å². The first kappa shape index (κ1) is 24.8. The highest BCUT2D eigenvalue weighted by molar-refractivity contribution is 7.89. The number of piperazine rings is 2. The quantitative estimate of drug-likeness (QED) is 0.504. The van der Waals surface area contributed by atoms with Gasteiger partial charge >= 0.3 is 0 Å². The first-order valence-corrected chi connectivity index (χ1v) is 13.6. The number of aromatic nitrogens is 4. The topological polar surface area (TPSA) is 99.5 Å². The van der Waals surface area contributed by atoms with Crippen molar-refractivity contribution in [2.45, 2.75) is 24.5 Å². The fraction of sp³-hybridized carbons (Fsp3) is 0.458. The number of nitrogens with zero attached hydrogens (tertiary/aromatic N) is 7. The lowest BCUT2D eigenvalue weighted by atomic mass is 10.1. The molecule has 4 heterocycles. The van der Waals surface area contributed by atoms with Crippen LogP contribution in [0.15, 0.2) is 54.2 Å². The average molecular weight is 515 g/mol. The van der Waals surface area contributed by atoms with Crippen molar-refractivity contribution in [2.24, 2.45) is 0 Å². The molecule has 10 nitrogen and oxygen atoms in total. The van der Waals surface area contributed by atoms with Gasteiger partial charge in [0, 0.05) is 65.1 Å². The van der Waals surface area contributed by atoms with E-state index in [1.807, 2.05) is 6.20 Å². The van der Waals surface area contributed by atoms with E-state index >= 15 is 0 Å². The molecule has 36 heavy (non-hydrogen) atoms.